The van der Waals surface area contributed by atoms with Crippen LogP contribution in [0.5, 0.6) is 0 Å². The van der Waals surface area contributed by atoms with E-state index >= 15 is 0 Å². The summed E-state index contributed by atoms with van der Waals surface area (Å²) in [4.78, 5) is 0. The fourth-order valence-corrected chi connectivity index (χ4v) is 2.38. The third-order valence-electron chi connectivity index (χ3n) is 3.63. The largest absolute Gasteiger partial charge is 0.330 e. The van der Waals surface area contributed by atoms with Crippen molar-refractivity contribution in [2.45, 2.75) is 25.7 Å². The maximum atomic E-state index is 13.3. The molecule has 0 spiro atoms. The first kappa shape index (κ1) is 13.8. The van der Waals surface area contributed by atoms with Crippen molar-refractivity contribution in [3.8, 4) is 0 Å². The second-order valence-corrected chi connectivity index (χ2v) is 4.95. The summed E-state index contributed by atoms with van der Waals surface area (Å²) in [7, 11) is 0. The van der Waals surface area contributed by atoms with Gasteiger partial charge in [-0.25, -0.2) is 4.39 Å². The van der Waals surface area contributed by atoms with Crippen molar-refractivity contribution < 1.29 is 4.39 Å². The number of aryl methyl sites for hydroxylation is 2. The maximum absolute atomic E-state index is 13.3. The summed E-state index contributed by atoms with van der Waals surface area (Å²) in [5.41, 5.74) is 9.35. The fraction of sp³-hybridized carbons (Fsp3) is 0.294. The number of hydrogen-bond acceptors (Lipinski definition) is 1. The van der Waals surface area contributed by atoms with Crippen LogP contribution in [0.2, 0.25) is 0 Å². The van der Waals surface area contributed by atoms with E-state index in [2.05, 4.69) is 12.1 Å². The van der Waals surface area contributed by atoms with E-state index in [1.165, 1.54) is 11.6 Å². The van der Waals surface area contributed by atoms with Gasteiger partial charge in [0.15, 0.2) is 0 Å². The number of rotatable bonds is 5. The molecule has 0 heterocycles. The van der Waals surface area contributed by atoms with Crippen molar-refractivity contribution in [3.05, 3.63) is 71.0 Å². The molecule has 0 bridgehead atoms. The SMILES string of the molecule is Cc1ccc(F)cc1CCC(CN)c1ccccc1. The minimum absolute atomic E-state index is 0.162. The van der Waals surface area contributed by atoms with Crippen molar-refractivity contribution in [2.75, 3.05) is 6.54 Å². The van der Waals surface area contributed by atoms with Crippen LogP contribution in [0.15, 0.2) is 48.5 Å². The van der Waals surface area contributed by atoms with Crippen molar-refractivity contribution in [3.63, 3.8) is 0 Å². The lowest BCUT2D eigenvalue weighted by atomic mass is 9.91. The summed E-state index contributed by atoms with van der Waals surface area (Å²) < 4.78 is 13.3. The molecule has 0 aliphatic rings. The lowest BCUT2D eigenvalue weighted by Crippen LogP contribution is -2.13. The Balaban J connectivity index is 2.06. The van der Waals surface area contributed by atoms with Crippen LogP contribution in [0, 0.1) is 12.7 Å². The van der Waals surface area contributed by atoms with Crippen LogP contribution in [0.25, 0.3) is 0 Å². The normalized spacial score (nSPS) is 12.4. The Labute approximate surface area is 114 Å². The first-order chi connectivity index (χ1) is 9.20. The summed E-state index contributed by atoms with van der Waals surface area (Å²) in [5.74, 6) is 0.175. The molecule has 2 aromatic carbocycles. The van der Waals surface area contributed by atoms with Gasteiger partial charge in [-0.15, -0.1) is 0 Å². The molecule has 0 aliphatic carbocycles. The van der Waals surface area contributed by atoms with E-state index in [-0.39, 0.29) is 5.82 Å². The Hall–Kier alpha value is -1.67. The third kappa shape index (κ3) is 3.65. The zero-order chi connectivity index (χ0) is 13.7. The summed E-state index contributed by atoms with van der Waals surface area (Å²) in [6.07, 6.45) is 1.81. The van der Waals surface area contributed by atoms with Crippen LogP contribution in [0.3, 0.4) is 0 Å². The molecule has 1 unspecified atom stereocenters. The van der Waals surface area contributed by atoms with Crippen LogP contribution in [0.4, 0.5) is 4.39 Å². The predicted molar refractivity (Wildman–Crippen MR) is 77.7 cm³/mol. The van der Waals surface area contributed by atoms with Crippen LogP contribution < -0.4 is 5.73 Å². The number of hydrogen-bond donors (Lipinski definition) is 1. The summed E-state index contributed by atoms with van der Waals surface area (Å²) in [6.45, 7) is 2.65. The van der Waals surface area contributed by atoms with Crippen molar-refractivity contribution in [1.29, 1.82) is 0 Å². The van der Waals surface area contributed by atoms with E-state index in [1.54, 1.807) is 6.07 Å². The first-order valence-corrected chi connectivity index (χ1v) is 6.70. The Morgan fingerprint density at radius 3 is 2.53 bits per heavy atom. The van der Waals surface area contributed by atoms with Crippen molar-refractivity contribution in [1.82, 2.24) is 0 Å². The molecule has 0 aliphatic heterocycles. The van der Waals surface area contributed by atoms with E-state index < -0.39 is 0 Å². The molecule has 0 saturated heterocycles. The Bertz CT molecular complexity index is 522. The van der Waals surface area contributed by atoms with Gasteiger partial charge in [0, 0.05) is 0 Å². The molecule has 2 rings (SSSR count). The van der Waals surface area contributed by atoms with Gasteiger partial charge in [0.05, 0.1) is 0 Å². The Morgan fingerprint density at radius 2 is 1.84 bits per heavy atom. The summed E-state index contributed by atoms with van der Waals surface area (Å²) in [5, 5.41) is 0. The first-order valence-electron chi connectivity index (χ1n) is 6.70. The van der Waals surface area contributed by atoms with Gasteiger partial charge in [-0.05, 0) is 61.1 Å². The van der Waals surface area contributed by atoms with Crippen LogP contribution in [-0.4, -0.2) is 6.54 Å². The third-order valence-corrected chi connectivity index (χ3v) is 3.63. The molecule has 2 heteroatoms. The molecule has 2 N–H and O–H groups in total. The molecule has 100 valence electrons. The van der Waals surface area contributed by atoms with E-state index in [0.717, 1.165) is 24.0 Å². The molecule has 0 saturated carbocycles. The molecule has 0 amide bonds. The molecule has 0 radical (unpaired) electrons. The van der Waals surface area contributed by atoms with E-state index in [4.69, 9.17) is 5.73 Å². The van der Waals surface area contributed by atoms with E-state index in [9.17, 15) is 4.39 Å². The molecular formula is C17H20FN. The summed E-state index contributed by atoms with van der Waals surface area (Å²) in [6, 6.07) is 15.3. The highest BCUT2D eigenvalue weighted by atomic mass is 19.1. The molecule has 1 atom stereocenters. The number of benzene rings is 2. The maximum Gasteiger partial charge on any atom is 0.123 e. The van der Waals surface area contributed by atoms with Gasteiger partial charge in [-0.1, -0.05) is 36.4 Å². The van der Waals surface area contributed by atoms with Gasteiger partial charge in [0.25, 0.3) is 0 Å². The highest BCUT2D eigenvalue weighted by Gasteiger charge is 2.10. The average molecular weight is 257 g/mol. The lowest BCUT2D eigenvalue weighted by Gasteiger charge is -2.16. The number of halogens is 1. The van der Waals surface area contributed by atoms with Gasteiger partial charge in [-0.2, -0.15) is 0 Å². The lowest BCUT2D eigenvalue weighted by molar-refractivity contribution is 0.612. The fourth-order valence-electron chi connectivity index (χ4n) is 2.38. The molecular weight excluding hydrogens is 237 g/mol. The van der Waals surface area contributed by atoms with E-state index in [1.807, 2.05) is 31.2 Å². The van der Waals surface area contributed by atoms with Crippen LogP contribution in [0.1, 0.15) is 29.0 Å². The van der Waals surface area contributed by atoms with Crippen molar-refractivity contribution >= 4 is 0 Å². The van der Waals surface area contributed by atoms with Gasteiger partial charge in [0.1, 0.15) is 5.82 Å². The summed E-state index contributed by atoms with van der Waals surface area (Å²) >= 11 is 0. The Morgan fingerprint density at radius 1 is 1.11 bits per heavy atom. The van der Waals surface area contributed by atoms with Gasteiger partial charge in [-0.3, -0.25) is 0 Å². The van der Waals surface area contributed by atoms with Gasteiger partial charge >= 0.3 is 0 Å². The standard InChI is InChI=1S/C17H20FN/c1-13-7-10-17(18)11-15(13)8-9-16(12-19)14-5-3-2-4-6-14/h2-7,10-11,16H,8-9,12,19H2,1H3. The Kier molecular flexibility index (Phi) is 4.69. The minimum atomic E-state index is -0.162. The van der Waals surface area contributed by atoms with Gasteiger partial charge in [0.2, 0.25) is 0 Å². The van der Waals surface area contributed by atoms with Crippen LogP contribution in [-0.2, 0) is 6.42 Å². The second-order valence-electron chi connectivity index (χ2n) is 4.95. The van der Waals surface area contributed by atoms with E-state index in [0.29, 0.717) is 12.5 Å². The zero-order valence-electron chi connectivity index (χ0n) is 11.3. The molecule has 0 fully saturated rings. The predicted octanol–water partition coefficient (Wildman–Crippen LogP) is 3.81. The molecule has 2 aromatic rings. The van der Waals surface area contributed by atoms with Gasteiger partial charge < -0.3 is 5.73 Å². The minimum Gasteiger partial charge on any atom is -0.330 e. The van der Waals surface area contributed by atoms with Crippen LogP contribution >= 0.6 is 0 Å². The monoisotopic (exact) mass is 257 g/mol. The average Bonchev–Trinajstić information content (AvgIpc) is 2.44. The smallest absolute Gasteiger partial charge is 0.123 e. The highest BCUT2D eigenvalue weighted by molar-refractivity contribution is 5.27. The quantitative estimate of drug-likeness (QED) is 0.866. The second kappa shape index (κ2) is 6.48. The molecule has 19 heavy (non-hydrogen) atoms. The zero-order valence-corrected chi connectivity index (χ0v) is 11.3. The topological polar surface area (TPSA) is 26.0 Å². The van der Waals surface area contributed by atoms with Crippen molar-refractivity contribution in [2.24, 2.45) is 5.73 Å². The number of nitrogens with two attached hydrogens (primary N) is 1. The molecule has 1 nitrogen and oxygen atoms in total. The highest BCUT2D eigenvalue weighted by Crippen LogP contribution is 2.22. The molecule has 0 aromatic heterocycles.